The molecule has 7 heteroatoms. The number of carbonyl (C=O) groups excluding carboxylic acids is 2. The lowest BCUT2D eigenvalue weighted by molar-refractivity contribution is -0.111. The summed E-state index contributed by atoms with van der Waals surface area (Å²) in [6.07, 6.45) is 2.75. The van der Waals surface area contributed by atoms with Crippen LogP contribution in [0.4, 0.5) is 16.2 Å². The molecule has 0 spiro atoms. The molecule has 0 saturated carbocycles. The van der Waals surface area contributed by atoms with Crippen molar-refractivity contribution in [3.63, 3.8) is 0 Å². The SMILES string of the molecule is O=C(C=Cc1ccc2c(c1)OCO2)Nc1cccc(N2CCOC2=O)c1. The van der Waals surface area contributed by atoms with Gasteiger partial charge in [0.1, 0.15) is 6.61 Å². The molecular formula is C19H16N2O5. The van der Waals surface area contributed by atoms with Gasteiger partial charge in [0.05, 0.1) is 6.54 Å². The highest BCUT2D eigenvalue weighted by molar-refractivity contribution is 6.02. The van der Waals surface area contributed by atoms with Crippen LogP contribution >= 0.6 is 0 Å². The number of amides is 2. The van der Waals surface area contributed by atoms with E-state index in [1.807, 2.05) is 12.1 Å². The number of ether oxygens (including phenoxy) is 3. The van der Waals surface area contributed by atoms with E-state index in [1.54, 1.807) is 36.4 Å². The lowest BCUT2D eigenvalue weighted by atomic mass is 10.2. The van der Waals surface area contributed by atoms with Crippen LogP contribution in [0.2, 0.25) is 0 Å². The van der Waals surface area contributed by atoms with Gasteiger partial charge in [-0.2, -0.15) is 0 Å². The third-order valence-electron chi connectivity index (χ3n) is 4.01. The number of nitrogens with one attached hydrogen (secondary N) is 1. The maximum atomic E-state index is 12.2. The monoisotopic (exact) mass is 352 g/mol. The number of anilines is 2. The first-order valence-corrected chi connectivity index (χ1v) is 8.12. The van der Waals surface area contributed by atoms with Crippen LogP contribution in [0.1, 0.15) is 5.56 Å². The highest BCUT2D eigenvalue weighted by Gasteiger charge is 2.23. The summed E-state index contributed by atoms with van der Waals surface area (Å²) in [6, 6.07) is 12.5. The summed E-state index contributed by atoms with van der Waals surface area (Å²) in [7, 11) is 0. The van der Waals surface area contributed by atoms with Crippen molar-refractivity contribution in [2.75, 3.05) is 30.2 Å². The first-order valence-electron chi connectivity index (χ1n) is 8.12. The first kappa shape index (κ1) is 16.0. The molecule has 0 bridgehead atoms. The maximum absolute atomic E-state index is 12.2. The van der Waals surface area contributed by atoms with E-state index in [2.05, 4.69) is 5.32 Å². The molecule has 2 amide bonds. The topological polar surface area (TPSA) is 77.1 Å². The summed E-state index contributed by atoms with van der Waals surface area (Å²) in [5, 5.41) is 2.78. The highest BCUT2D eigenvalue weighted by atomic mass is 16.7. The van der Waals surface area contributed by atoms with Gasteiger partial charge in [-0.05, 0) is 42.0 Å². The van der Waals surface area contributed by atoms with E-state index >= 15 is 0 Å². The third kappa shape index (κ3) is 3.32. The number of cyclic esters (lactones) is 1. The second-order valence-corrected chi connectivity index (χ2v) is 5.75. The van der Waals surface area contributed by atoms with Crippen molar-refractivity contribution in [1.29, 1.82) is 0 Å². The summed E-state index contributed by atoms with van der Waals surface area (Å²) in [6.45, 7) is 1.08. The maximum Gasteiger partial charge on any atom is 0.414 e. The zero-order valence-electron chi connectivity index (χ0n) is 13.8. The largest absolute Gasteiger partial charge is 0.454 e. The lowest BCUT2D eigenvalue weighted by Crippen LogP contribution is -2.23. The van der Waals surface area contributed by atoms with Crippen molar-refractivity contribution in [1.82, 2.24) is 0 Å². The Morgan fingerprint density at radius 1 is 1.08 bits per heavy atom. The van der Waals surface area contributed by atoms with Crippen molar-refractivity contribution in [2.45, 2.75) is 0 Å². The minimum Gasteiger partial charge on any atom is -0.454 e. The average Bonchev–Trinajstić information content (AvgIpc) is 3.28. The van der Waals surface area contributed by atoms with E-state index in [-0.39, 0.29) is 18.8 Å². The molecule has 2 aliphatic heterocycles. The molecule has 0 aliphatic carbocycles. The second-order valence-electron chi connectivity index (χ2n) is 5.75. The van der Waals surface area contributed by atoms with Gasteiger partial charge in [-0.1, -0.05) is 12.1 Å². The number of fused-ring (bicyclic) bond motifs is 1. The van der Waals surface area contributed by atoms with Gasteiger partial charge >= 0.3 is 6.09 Å². The molecular weight excluding hydrogens is 336 g/mol. The van der Waals surface area contributed by atoms with Crippen LogP contribution in [0.5, 0.6) is 11.5 Å². The summed E-state index contributed by atoms with van der Waals surface area (Å²) >= 11 is 0. The lowest BCUT2D eigenvalue weighted by Gasteiger charge is -2.13. The Balaban J connectivity index is 1.42. The molecule has 2 aromatic rings. The Kier molecular flexibility index (Phi) is 4.18. The zero-order valence-corrected chi connectivity index (χ0v) is 13.8. The fourth-order valence-corrected chi connectivity index (χ4v) is 2.75. The molecule has 26 heavy (non-hydrogen) atoms. The molecule has 4 rings (SSSR count). The molecule has 7 nitrogen and oxygen atoms in total. The van der Waals surface area contributed by atoms with E-state index in [0.29, 0.717) is 36.0 Å². The third-order valence-corrected chi connectivity index (χ3v) is 4.01. The zero-order chi connectivity index (χ0) is 17.9. The summed E-state index contributed by atoms with van der Waals surface area (Å²) < 4.78 is 15.5. The Bertz CT molecular complexity index is 893. The minimum atomic E-state index is -0.379. The molecule has 0 atom stereocenters. The number of nitrogens with zero attached hydrogens (tertiary/aromatic N) is 1. The van der Waals surface area contributed by atoms with E-state index in [1.165, 1.54) is 11.0 Å². The van der Waals surface area contributed by atoms with Crippen LogP contribution < -0.4 is 19.7 Å². The van der Waals surface area contributed by atoms with Gasteiger partial charge < -0.3 is 19.5 Å². The summed E-state index contributed by atoms with van der Waals surface area (Å²) in [5.74, 6) is 1.09. The van der Waals surface area contributed by atoms with Crippen LogP contribution in [-0.2, 0) is 9.53 Å². The van der Waals surface area contributed by atoms with Crippen molar-refractivity contribution in [3.8, 4) is 11.5 Å². The summed E-state index contributed by atoms with van der Waals surface area (Å²) in [5.41, 5.74) is 2.12. The standard InChI is InChI=1S/C19H16N2O5/c22-18(7-5-13-4-6-16-17(10-13)26-12-25-16)20-14-2-1-3-15(11-14)21-8-9-24-19(21)23/h1-7,10-11H,8-9,12H2,(H,20,22). The molecule has 2 heterocycles. The van der Waals surface area contributed by atoms with Crippen LogP contribution in [0.25, 0.3) is 6.08 Å². The molecule has 1 N–H and O–H groups in total. The second kappa shape index (κ2) is 6.79. The molecule has 1 fully saturated rings. The van der Waals surface area contributed by atoms with Gasteiger partial charge in [0.25, 0.3) is 0 Å². The summed E-state index contributed by atoms with van der Waals surface area (Å²) in [4.78, 5) is 25.3. The normalized spacial score (nSPS) is 15.4. The molecule has 1 saturated heterocycles. The average molecular weight is 352 g/mol. The highest BCUT2D eigenvalue weighted by Crippen LogP contribution is 2.32. The van der Waals surface area contributed by atoms with Gasteiger partial charge in [0, 0.05) is 17.5 Å². The molecule has 2 aromatic carbocycles. The number of rotatable bonds is 4. The van der Waals surface area contributed by atoms with Crippen LogP contribution in [0.3, 0.4) is 0 Å². The Hall–Kier alpha value is -3.48. The predicted octanol–water partition coefficient (Wildman–Crippen LogP) is 3.02. The molecule has 0 unspecified atom stereocenters. The van der Waals surface area contributed by atoms with Gasteiger partial charge in [0.15, 0.2) is 11.5 Å². The minimum absolute atomic E-state index is 0.212. The Labute approximate surface area is 149 Å². The van der Waals surface area contributed by atoms with Gasteiger partial charge in [-0.15, -0.1) is 0 Å². The fraction of sp³-hybridized carbons (Fsp3) is 0.158. The number of hydrogen-bond donors (Lipinski definition) is 1. The molecule has 0 radical (unpaired) electrons. The van der Waals surface area contributed by atoms with Crippen molar-refractivity contribution >= 4 is 29.5 Å². The van der Waals surface area contributed by atoms with Gasteiger partial charge in [-0.3, -0.25) is 9.69 Å². The van der Waals surface area contributed by atoms with E-state index < -0.39 is 0 Å². The van der Waals surface area contributed by atoms with E-state index in [9.17, 15) is 9.59 Å². The fourth-order valence-electron chi connectivity index (χ4n) is 2.75. The predicted molar refractivity (Wildman–Crippen MR) is 95.4 cm³/mol. The first-order chi connectivity index (χ1) is 12.7. The molecule has 2 aliphatic rings. The number of benzene rings is 2. The van der Waals surface area contributed by atoms with Crippen LogP contribution in [0, 0.1) is 0 Å². The Morgan fingerprint density at radius 3 is 2.81 bits per heavy atom. The van der Waals surface area contributed by atoms with Crippen molar-refractivity contribution in [3.05, 3.63) is 54.1 Å². The number of hydrogen-bond acceptors (Lipinski definition) is 5. The van der Waals surface area contributed by atoms with Crippen LogP contribution in [-0.4, -0.2) is 31.9 Å². The molecule has 0 aromatic heterocycles. The smallest absolute Gasteiger partial charge is 0.414 e. The van der Waals surface area contributed by atoms with Crippen molar-refractivity contribution < 1.29 is 23.8 Å². The van der Waals surface area contributed by atoms with Gasteiger partial charge in [-0.25, -0.2) is 4.79 Å². The Morgan fingerprint density at radius 2 is 1.96 bits per heavy atom. The van der Waals surface area contributed by atoms with E-state index in [4.69, 9.17) is 14.2 Å². The van der Waals surface area contributed by atoms with Crippen LogP contribution in [0.15, 0.2) is 48.5 Å². The van der Waals surface area contributed by atoms with Crippen molar-refractivity contribution in [2.24, 2.45) is 0 Å². The van der Waals surface area contributed by atoms with Gasteiger partial charge in [0.2, 0.25) is 12.7 Å². The molecule has 132 valence electrons. The number of carbonyl (C=O) groups is 2. The quantitative estimate of drug-likeness (QED) is 0.856. The van der Waals surface area contributed by atoms with E-state index in [0.717, 1.165) is 5.56 Å².